The minimum atomic E-state index is -4.62. The van der Waals surface area contributed by atoms with Gasteiger partial charge in [-0.25, -0.2) is 0 Å². The molecule has 2 heterocycles. The minimum absolute atomic E-state index is 0.138. The number of halogens is 3. The number of alkyl halides is 3. The highest BCUT2D eigenvalue weighted by Crippen LogP contribution is 2.32. The fourth-order valence-electron chi connectivity index (χ4n) is 3.96. The van der Waals surface area contributed by atoms with Crippen LogP contribution in [0.15, 0.2) is 53.1 Å². The predicted molar refractivity (Wildman–Crippen MR) is 120 cm³/mol. The summed E-state index contributed by atoms with van der Waals surface area (Å²) >= 11 is 0. The van der Waals surface area contributed by atoms with E-state index in [1.807, 2.05) is 6.92 Å². The highest BCUT2D eigenvalue weighted by molar-refractivity contribution is 5.97. The summed E-state index contributed by atoms with van der Waals surface area (Å²) < 4.78 is 50.8. The number of piperazine rings is 1. The van der Waals surface area contributed by atoms with Crippen molar-refractivity contribution in [3.8, 4) is 5.75 Å². The van der Waals surface area contributed by atoms with Crippen molar-refractivity contribution < 1.29 is 32.0 Å². The number of aryl methyl sites for hydroxylation is 2. The molecule has 1 aromatic heterocycles. The van der Waals surface area contributed by atoms with Gasteiger partial charge in [0.05, 0.1) is 22.4 Å². The van der Waals surface area contributed by atoms with Crippen LogP contribution in [0.2, 0.25) is 0 Å². The number of aromatic nitrogens is 1. The number of carbonyl (C=O) groups excluding carboxylic acids is 2. The Morgan fingerprint density at radius 3 is 2.26 bits per heavy atom. The standard InChI is InChI=1S/C25H24F3N3O4/c1-16-21(17(2)35-29-16)15-34-19-7-5-6-18(14-19)23(32)30-10-12-31(13-11-30)24(33)20-8-3-4-9-22(20)25(26,27)28/h3-9,14H,10-13,15H2,1-2H3. The van der Waals surface area contributed by atoms with Gasteiger partial charge in [0.25, 0.3) is 11.8 Å². The topological polar surface area (TPSA) is 75.9 Å². The third kappa shape index (κ3) is 5.31. The first-order valence-electron chi connectivity index (χ1n) is 11.0. The van der Waals surface area contributed by atoms with E-state index in [9.17, 15) is 22.8 Å². The van der Waals surface area contributed by atoms with Crippen molar-refractivity contribution in [1.29, 1.82) is 0 Å². The molecule has 0 unspecified atom stereocenters. The van der Waals surface area contributed by atoms with Gasteiger partial charge >= 0.3 is 6.18 Å². The van der Waals surface area contributed by atoms with Crippen LogP contribution in [0.25, 0.3) is 0 Å². The second kappa shape index (κ2) is 9.81. The number of nitrogens with zero attached hydrogens (tertiary/aromatic N) is 3. The quantitative estimate of drug-likeness (QED) is 0.530. The summed E-state index contributed by atoms with van der Waals surface area (Å²) in [5, 5.41) is 3.89. The molecule has 0 saturated carbocycles. The van der Waals surface area contributed by atoms with E-state index in [1.165, 1.54) is 23.1 Å². The Morgan fingerprint density at radius 1 is 0.971 bits per heavy atom. The van der Waals surface area contributed by atoms with Crippen LogP contribution in [-0.4, -0.2) is 52.9 Å². The number of benzene rings is 2. The molecule has 2 aromatic carbocycles. The molecule has 2 amide bonds. The number of carbonyl (C=O) groups is 2. The zero-order valence-corrected chi connectivity index (χ0v) is 19.3. The molecule has 0 aliphatic carbocycles. The van der Waals surface area contributed by atoms with E-state index in [0.717, 1.165) is 17.3 Å². The van der Waals surface area contributed by atoms with E-state index in [1.54, 1.807) is 36.1 Å². The zero-order chi connectivity index (χ0) is 25.2. The Bertz CT molecular complexity index is 1210. The van der Waals surface area contributed by atoms with Crippen molar-refractivity contribution in [3.05, 3.63) is 82.2 Å². The average Bonchev–Trinajstić information content (AvgIpc) is 3.18. The van der Waals surface area contributed by atoms with Crippen LogP contribution in [-0.2, 0) is 12.8 Å². The smallest absolute Gasteiger partial charge is 0.417 e. The highest BCUT2D eigenvalue weighted by atomic mass is 19.4. The first-order chi connectivity index (χ1) is 16.6. The van der Waals surface area contributed by atoms with E-state index < -0.39 is 17.6 Å². The molecule has 0 radical (unpaired) electrons. The monoisotopic (exact) mass is 487 g/mol. The molecule has 1 aliphatic heterocycles. The van der Waals surface area contributed by atoms with Crippen LogP contribution >= 0.6 is 0 Å². The van der Waals surface area contributed by atoms with Crippen molar-refractivity contribution in [3.63, 3.8) is 0 Å². The van der Waals surface area contributed by atoms with Gasteiger partial charge in [0.2, 0.25) is 0 Å². The molecular formula is C25H24F3N3O4. The molecule has 0 atom stereocenters. The molecule has 4 rings (SSSR count). The fourth-order valence-corrected chi connectivity index (χ4v) is 3.96. The molecule has 0 spiro atoms. The van der Waals surface area contributed by atoms with Gasteiger partial charge in [-0.05, 0) is 44.2 Å². The summed E-state index contributed by atoms with van der Waals surface area (Å²) in [7, 11) is 0. The van der Waals surface area contributed by atoms with Gasteiger partial charge in [0, 0.05) is 31.7 Å². The Labute approximate surface area is 200 Å². The third-order valence-corrected chi connectivity index (χ3v) is 5.96. The number of ether oxygens (including phenoxy) is 1. The lowest BCUT2D eigenvalue weighted by atomic mass is 10.1. The molecule has 0 bridgehead atoms. The lowest BCUT2D eigenvalue weighted by Crippen LogP contribution is -2.50. The number of amides is 2. The first-order valence-corrected chi connectivity index (χ1v) is 11.0. The lowest BCUT2D eigenvalue weighted by Gasteiger charge is -2.35. The molecule has 0 N–H and O–H groups in total. The van der Waals surface area contributed by atoms with Crippen LogP contribution in [0.5, 0.6) is 5.75 Å². The van der Waals surface area contributed by atoms with E-state index in [-0.39, 0.29) is 44.3 Å². The molecule has 1 saturated heterocycles. The van der Waals surface area contributed by atoms with Crippen LogP contribution in [0.3, 0.4) is 0 Å². The van der Waals surface area contributed by atoms with Gasteiger partial charge in [-0.15, -0.1) is 0 Å². The Morgan fingerprint density at radius 2 is 1.63 bits per heavy atom. The maximum absolute atomic E-state index is 13.3. The normalized spacial score (nSPS) is 14.2. The SMILES string of the molecule is Cc1noc(C)c1COc1cccc(C(=O)N2CCN(C(=O)c3ccccc3C(F)(F)F)CC2)c1. The number of hydrogen-bond acceptors (Lipinski definition) is 5. The number of rotatable bonds is 5. The van der Waals surface area contributed by atoms with E-state index >= 15 is 0 Å². The van der Waals surface area contributed by atoms with Gasteiger partial charge in [-0.3, -0.25) is 9.59 Å². The molecule has 10 heteroatoms. The van der Waals surface area contributed by atoms with Crippen LogP contribution in [0.1, 0.15) is 43.3 Å². The van der Waals surface area contributed by atoms with Crippen LogP contribution < -0.4 is 4.74 Å². The first kappa shape index (κ1) is 24.3. The molecule has 3 aromatic rings. The lowest BCUT2D eigenvalue weighted by molar-refractivity contribution is -0.138. The molecule has 184 valence electrons. The maximum atomic E-state index is 13.3. The summed E-state index contributed by atoms with van der Waals surface area (Å²) in [4.78, 5) is 28.7. The second-order valence-electron chi connectivity index (χ2n) is 8.25. The van der Waals surface area contributed by atoms with E-state index in [0.29, 0.717) is 17.1 Å². The van der Waals surface area contributed by atoms with Crippen LogP contribution in [0, 0.1) is 13.8 Å². The van der Waals surface area contributed by atoms with Crippen LogP contribution in [0.4, 0.5) is 13.2 Å². The van der Waals surface area contributed by atoms with Gasteiger partial charge in [-0.2, -0.15) is 13.2 Å². The van der Waals surface area contributed by atoms with Gasteiger partial charge in [0.1, 0.15) is 18.1 Å². The van der Waals surface area contributed by atoms with Crippen molar-refractivity contribution >= 4 is 11.8 Å². The van der Waals surface area contributed by atoms with Crippen molar-refractivity contribution in [1.82, 2.24) is 15.0 Å². The van der Waals surface area contributed by atoms with E-state index in [4.69, 9.17) is 9.26 Å². The summed E-state index contributed by atoms with van der Waals surface area (Å²) in [6.07, 6.45) is -4.62. The zero-order valence-electron chi connectivity index (χ0n) is 19.3. The summed E-state index contributed by atoms with van der Waals surface area (Å²) in [5.74, 6) is 0.240. The van der Waals surface area contributed by atoms with E-state index in [2.05, 4.69) is 5.16 Å². The Kier molecular flexibility index (Phi) is 6.81. The Balaban J connectivity index is 1.38. The van der Waals surface area contributed by atoms with Gasteiger partial charge in [0.15, 0.2) is 0 Å². The molecule has 7 nitrogen and oxygen atoms in total. The largest absolute Gasteiger partial charge is 0.489 e. The van der Waals surface area contributed by atoms with Gasteiger partial charge in [-0.1, -0.05) is 23.4 Å². The van der Waals surface area contributed by atoms with Crippen molar-refractivity contribution in [2.75, 3.05) is 26.2 Å². The predicted octanol–water partition coefficient (Wildman–Crippen LogP) is 4.49. The average molecular weight is 487 g/mol. The van der Waals surface area contributed by atoms with Crippen molar-refractivity contribution in [2.24, 2.45) is 0 Å². The second-order valence-corrected chi connectivity index (χ2v) is 8.25. The van der Waals surface area contributed by atoms with Crippen molar-refractivity contribution in [2.45, 2.75) is 26.6 Å². The summed E-state index contributed by atoms with van der Waals surface area (Å²) in [6, 6.07) is 11.5. The fraction of sp³-hybridized carbons (Fsp3) is 0.320. The summed E-state index contributed by atoms with van der Waals surface area (Å²) in [6.45, 7) is 4.56. The minimum Gasteiger partial charge on any atom is -0.489 e. The molecule has 35 heavy (non-hydrogen) atoms. The highest BCUT2D eigenvalue weighted by Gasteiger charge is 2.36. The number of hydrogen-bond donors (Lipinski definition) is 0. The van der Waals surface area contributed by atoms with Gasteiger partial charge < -0.3 is 19.1 Å². The maximum Gasteiger partial charge on any atom is 0.417 e. The summed E-state index contributed by atoms with van der Waals surface area (Å²) in [5.41, 5.74) is 0.651. The molecular weight excluding hydrogens is 463 g/mol. The Hall–Kier alpha value is -3.82. The molecule has 1 aliphatic rings. The molecule has 1 fully saturated rings. The third-order valence-electron chi connectivity index (χ3n) is 5.96.